The number of carbonyl (C=O) groups is 1. The number of aliphatic carboxylic acids is 1. The van der Waals surface area contributed by atoms with Gasteiger partial charge in [0.05, 0.1) is 13.0 Å². The molecule has 0 unspecified atom stereocenters. The zero-order valence-corrected chi connectivity index (χ0v) is 11.7. The van der Waals surface area contributed by atoms with E-state index in [1.54, 1.807) is 0 Å². The first-order chi connectivity index (χ1) is 9.69. The van der Waals surface area contributed by atoms with Crippen LogP contribution in [0.25, 0.3) is 0 Å². The van der Waals surface area contributed by atoms with Crippen LogP contribution < -0.4 is 9.47 Å². The Morgan fingerprint density at radius 2 is 1.95 bits per heavy atom. The molecule has 0 bridgehead atoms. The Bertz CT molecular complexity index is 443. The molecular weight excluding hydrogens is 258 g/mol. The molecule has 1 saturated heterocycles. The topological polar surface area (TPSA) is 59.0 Å². The highest BCUT2D eigenvalue weighted by Crippen LogP contribution is 2.26. The van der Waals surface area contributed by atoms with Gasteiger partial charge in [-0.2, -0.15) is 0 Å². The van der Waals surface area contributed by atoms with Crippen molar-refractivity contribution in [2.75, 3.05) is 32.8 Å². The number of carboxylic acid groups (broad SMARTS) is 1. The summed E-state index contributed by atoms with van der Waals surface area (Å²) in [6.45, 7) is 5.66. The molecule has 0 saturated carbocycles. The van der Waals surface area contributed by atoms with Gasteiger partial charge in [0.2, 0.25) is 0 Å². The molecule has 0 aromatic heterocycles. The highest BCUT2D eigenvalue weighted by atomic mass is 16.5. The number of rotatable bonds is 8. The number of carboxylic acids is 1. The zero-order valence-electron chi connectivity index (χ0n) is 11.7. The smallest absolute Gasteiger partial charge is 0.303 e. The molecular formula is C15H21NO4. The molecule has 5 heteroatoms. The first-order valence-corrected chi connectivity index (χ1v) is 6.97. The Kier molecular flexibility index (Phi) is 5.24. The predicted octanol–water partition coefficient (Wildman–Crippen LogP) is 1.87. The molecule has 1 aliphatic rings. The first kappa shape index (κ1) is 14.7. The summed E-state index contributed by atoms with van der Waals surface area (Å²) in [6, 6.07) is 7.63. The summed E-state index contributed by atoms with van der Waals surface area (Å²) in [4.78, 5) is 12.8. The lowest BCUT2D eigenvalue weighted by molar-refractivity contribution is -0.139. The van der Waals surface area contributed by atoms with E-state index in [-0.39, 0.29) is 6.42 Å². The van der Waals surface area contributed by atoms with Gasteiger partial charge in [-0.25, -0.2) is 0 Å². The third kappa shape index (κ3) is 4.13. The minimum atomic E-state index is -0.712. The van der Waals surface area contributed by atoms with Crippen molar-refractivity contribution in [3.8, 4) is 11.5 Å². The van der Waals surface area contributed by atoms with E-state index in [1.807, 2.05) is 31.2 Å². The number of ether oxygens (including phenoxy) is 2. The molecule has 1 N–H and O–H groups in total. The van der Waals surface area contributed by atoms with Crippen LogP contribution in [-0.2, 0) is 4.79 Å². The minimum Gasteiger partial charge on any atom is -0.490 e. The maximum absolute atomic E-state index is 10.6. The van der Waals surface area contributed by atoms with Crippen LogP contribution in [0.15, 0.2) is 24.3 Å². The van der Waals surface area contributed by atoms with E-state index >= 15 is 0 Å². The van der Waals surface area contributed by atoms with Crippen molar-refractivity contribution in [2.45, 2.75) is 13.3 Å². The van der Waals surface area contributed by atoms with E-state index in [1.165, 1.54) is 0 Å². The van der Waals surface area contributed by atoms with Gasteiger partial charge in [-0.15, -0.1) is 0 Å². The van der Waals surface area contributed by atoms with Crippen LogP contribution in [0, 0.1) is 5.92 Å². The van der Waals surface area contributed by atoms with Crippen molar-refractivity contribution in [3.05, 3.63) is 24.3 Å². The average molecular weight is 279 g/mol. The van der Waals surface area contributed by atoms with Crippen LogP contribution in [0.3, 0.4) is 0 Å². The lowest BCUT2D eigenvalue weighted by atomic mass is 9.97. The standard InChI is InChI=1S/C15H21NO4/c1-2-19-13-5-3-4-6-14(13)20-8-7-16-10-12(11-16)9-15(17)18/h3-6,12H,2,7-11H2,1H3,(H,17,18). The van der Waals surface area contributed by atoms with E-state index in [0.717, 1.165) is 31.1 Å². The third-order valence-electron chi connectivity index (χ3n) is 3.31. The van der Waals surface area contributed by atoms with Crippen LogP contribution in [-0.4, -0.2) is 48.8 Å². The number of likely N-dealkylation sites (tertiary alicyclic amines) is 1. The van der Waals surface area contributed by atoms with Crippen molar-refractivity contribution in [3.63, 3.8) is 0 Å². The maximum atomic E-state index is 10.6. The Morgan fingerprint density at radius 3 is 2.55 bits per heavy atom. The van der Waals surface area contributed by atoms with Gasteiger partial charge >= 0.3 is 5.97 Å². The molecule has 1 heterocycles. The largest absolute Gasteiger partial charge is 0.490 e. The molecule has 0 radical (unpaired) electrons. The Hall–Kier alpha value is -1.75. The maximum Gasteiger partial charge on any atom is 0.303 e. The summed E-state index contributed by atoms with van der Waals surface area (Å²) in [6.07, 6.45) is 0.268. The summed E-state index contributed by atoms with van der Waals surface area (Å²) in [5.74, 6) is 1.11. The molecule has 20 heavy (non-hydrogen) atoms. The fourth-order valence-corrected chi connectivity index (χ4v) is 2.36. The fourth-order valence-electron chi connectivity index (χ4n) is 2.36. The van der Waals surface area contributed by atoms with Gasteiger partial charge in [-0.3, -0.25) is 9.69 Å². The molecule has 0 spiro atoms. The van der Waals surface area contributed by atoms with Crippen molar-refractivity contribution in [1.29, 1.82) is 0 Å². The minimum absolute atomic E-state index is 0.268. The van der Waals surface area contributed by atoms with Crippen LogP contribution in [0.1, 0.15) is 13.3 Å². The summed E-state index contributed by atoms with van der Waals surface area (Å²) < 4.78 is 11.2. The molecule has 1 aromatic carbocycles. The van der Waals surface area contributed by atoms with Crippen LogP contribution >= 0.6 is 0 Å². The molecule has 1 aliphatic heterocycles. The molecule has 1 aromatic rings. The normalized spacial score (nSPS) is 15.7. The Morgan fingerprint density at radius 1 is 1.30 bits per heavy atom. The quantitative estimate of drug-likeness (QED) is 0.787. The van der Waals surface area contributed by atoms with Gasteiger partial charge in [0.25, 0.3) is 0 Å². The zero-order chi connectivity index (χ0) is 14.4. The monoisotopic (exact) mass is 279 g/mol. The summed E-state index contributed by atoms with van der Waals surface area (Å²) in [5, 5.41) is 8.68. The Labute approximate surface area is 119 Å². The van der Waals surface area contributed by atoms with E-state index in [2.05, 4.69) is 4.90 Å². The van der Waals surface area contributed by atoms with E-state index in [0.29, 0.717) is 19.1 Å². The van der Waals surface area contributed by atoms with Gasteiger partial charge in [-0.1, -0.05) is 12.1 Å². The SMILES string of the molecule is CCOc1ccccc1OCCN1CC(CC(=O)O)C1. The second-order valence-electron chi connectivity index (χ2n) is 4.95. The van der Waals surface area contributed by atoms with Gasteiger partial charge in [0.1, 0.15) is 6.61 Å². The molecule has 0 amide bonds. The number of para-hydroxylation sites is 2. The second-order valence-corrected chi connectivity index (χ2v) is 4.95. The summed E-state index contributed by atoms with van der Waals surface area (Å²) >= 11 is 0. The van der Waals surface area contributed by atoms with Gasteiger partial charge in [-0.05, 0) is 25.0 Å². The molecule has 5 nitrogen and oxygen atoms in total. The summed E-state index contributed by atoms with van der Waals surface area (Å²) in [7, 11) is 0. The third-order valence-corrected chi connectivity index (χ3v) is 3.31. The highest BCUT2D eigenvalue weighted by Gasteiger charge is 2.28. The second kappa shape index (κ2) is 7.14. The molecule has 0 atom stereocenters. The number of nitrogens with zero attached hydrogens (tertiary/aromatic N) is 1. The van der Waals surface area contributed by atoms with Gasteiger partial charge in [0, 0.05) is 19.6 Å². The van der Waals surface area contributed by atoms with Gasteiger partial charge < -0.3 is 14.6 Å². The number of benzene rings is 1. The molecule has 110 valence electrons. The van der Waals surface area contributed by atoms with Crippen LogP contribution in [0.4, 0.5) is 0 Å². The van der Waals surface area contributed by atoms with Crippen LogP contribution in [0.5, 0.6) is 11.5 Å². The van der Waals surface area contributed by atoms with Crippen LogP contribution in [0.2, 0.25) is 0 Å². The fraction of sp³-hybridized carbons (Fsp3) is 0.533. The van der Waals surface area contributed by atoms with E-state index in [9.17, 15) is 4.79 Å². The average Bonchev–Trinajstić information content (AvgIpc) is 2.37. The molecule has 1 fully saturated rings. The number of hydrogen-bond acceptors (Lipinski definition) is 4. The molecule has 0 aliphatic carbocycles. The van der Waals surface area contributed by atoms with Crippen molar-refractivity contribution >= 4 is 5.97 Å². The van der Waals surface area contributed by atoms with Gasteiger partial charge in [0.15, 0.2) is 11.5 Å². The van der Waals surface area contributed by atoms with Crippen molar-refractivity contribution in [1.82, 2.24) is 4.90 Å². The Balaban J connectivity index is 1.68. The number of hydrogen-bond donors (Lipinski definition) is 1. The highest BCUT2D eigenvalue weighted by molar-refractivity contribution is 5.67. The lowest BCUT2D eigenvalue weighted by Gasteiger charge is -2.38. The van der Waals surface area contributed by atoms with Crippen molar-refractivity contribution in [2.24, 2.45) is 5.92 Å². The van der Waals surface area contributed by atoms with Crippen molar-refractivity contribution < 1.29 is 19.4 Å². The van der Waals surface area contributed by atoms with E-state index in [4.69, 9.17) is 14.6 Å². The summed E-state index contributed by atoms with van der Waals surface area (Å²) in [5.41, 5.74) is 0. The lowest BCUT2D eigenvalue weighted by Crippen LogP contribution is -2.48. The predicted molar refractivity (Wildman–Crippen MR) is 75.3 cm³/mol. The van der Waals surface area contributed by atoms with E-state index < -0.39 is 5.97 Å². The first-order valence-electron chi connectivity index (χ1n) is 6.97. The molecule has 2 rings (SSSR count).